The van der Waals surface area contributed by atoms with Crippen LogP contribution in [0.3, 0.4) is 0 Å². The molecule has 1 unspecified atom stereocenters. The molecule has 120 valence electrons. The van der Waals surface area contributed by atoms with E-state index in [-0.39, 0.29) is 18.2 Å². The first kappa shape index (κ1) is 17.8. The Balaban J connectivity index is 2.74. The number of halogens is 3. The molecule has 0 fully saturated rings. The average molecular weight is 314 g/mol. The maximum Gasteiger partial charge on any atom is 0.419 e. The van der Waals surface area contributed by atoms with Gasteiger partial charge in [-0.15, -0.1) is 0 Å². The fourth-order valence-corrected chi connectivity index (χ4v) is 1.84. The molecule has 7 heteroatoms. The number of likely N-dealkylation sites (N-methyl/N-ethyl adjacent to an activating group) is 1. The molecule has 0 N–H and O–H groups in total. The first-order chi connectivity index (χ1) is 10.3. The smallest absolute Gasteiger partial charge is 0.419 e. The van der Waals surface area contributed by atoms with E-state index in [4.69, 9.17) is 10.00 Å². The van der Waals surface area contributed by atoms with Gasteiger partial charge in [0.25, 0.3) is 5.91 Å². The molecular weight excluding hydrogens is 297 g/mol. The summed E-state index contributed by atoms with van der Waals surface area (Å²) >= 11 is 0. The molecule has 0 saturated carbocycles. The van der Waals surface area contributed by atoms with E-state index in [0.717, 1.165) is 6.07 Å². The standard InChI is InChI=1S/C15H17F3N2O2/c1-3-20(9-11(2)8-19)14(21)10-22-13-7-5-4-6-12(13)15(16,17)18/h4-7,11H,3,9-10H2,1-2H3. The van der Waals surface area contributed by atoms with Crippen LogP contribution in [-0.4, -0.2) is 30.5 Å². The van der Waals surface area contributed by atoms with Gasteiger partial charge in [0.2, 0.25) is 0 Å². The molecule has 0 spiro atoms. The molecule has 0 aromatic heterocycles. The van der Waals surface area contributed by atoms with E-state index in [0.29, 0.717) is 6.54 Å². The molecule has 1 rings (SSSR count). The third-order valence-corrected chi connectivity index (χ3v) is 2.99. The second-order valence-electron chi connectivity index (χ2n) is 4.75. The molecule has 4 nitrogen and oxygen atoms in total. The molecule has 0 radical (unpaired) electrons. The van der Waals surface area contributed by atoms with Gasteiger partial charge in [-0.25, -0.2) is 0 Å². The van der Waals surface area contributed by atoms with Gasteiger partial charge in [0.15, 0.2) is 6.61 Å². The number of carbonyl (C=O) groups excluding carboxylic acids is 1. The van der Waals surface area contributed by atoms with Crippen LogP contribution >= 0.6 is 0 Å². The zero-order chi connectivity index (χ0) is 16.8. The number of para-hydroxylation sites is 1. The second kappa shape index (κ2) is 7.69. The van der Waals surface area contributed by atoms with Gasteiger partial charge in [-0.05, 0) is 26.0 Å². The lowest BCUT2D eigenvalue weighted by molar-refractivity contribution is -0.141. The summed E-state index contributed by atoms with van der Waals surface area (Å²) in [6.07, 6.45) is -4.54. The molecule has 1 aromatic carbocycles. The van der Waals surface area contributed by atoms with Gasteiger partial charge >= 0.3 is 6.18 Å². The van der Waals surface area contributed by atoms with Gasteiger partial charge in [0.1, 0.15) is 5.75 Å². The highest BCUT2D eigenvalue weighted by molar-refractivity contribution is 5.77. The molecule has 0 saturated heterocycles. The fourth-order valence-electron chi connectivity index (χ4n) is 1.84. The van der Waals surface area contributed by atoms with E-state index >= 15 is 0 Å². The Labute approximate surface area is 127 Å². The van der Waals surface area contributed by atoms with Crippen LogP contribution in [0.5, 0.6) is 5.75 Å². The van der Waals surface area contributed by atoms with E-state index < -0.39 is 24.3 Å². The molecule has 1 amide bonds. The summed E-state index contributed by atoms with van der Waals surface area (Å²) in [6.45, 7) is 3.46. The highest BCUT2D eigenvalue weighted by atomic mass is 19.4. The Morgan fingerprint density at radius 3 is 2.59 bits per heavy atom. The van der Waals surface area contributed by atoms with Gasteiger partial charge in [-0.2, -0.15) is 18.4 Å². The van der Waals surface area contributed by atoms with Crippen molar-refractivity contribution in [3.63, 3.8) is 0 Å². The maximum atomic E-state index is 12.8. The van der Waals surface area contributed by atoms with Crippen molar-refractivity contribution in [3.05, 3.63) is 29.8 Å². The van der Waals surface area contributed by atoms with Gasteiger partial charge in [-0.3, -0.25) is 4.79 Å². The van der Waals surface area contributed by atoms with Crippen LogP contribution in [0.4, 0.5) is 13.2 Å². The topological polar surface area (TPSA) is 53.3 Å². The van der Waals surface area contributed by atoms with Crippen molar-refractivity contribution in [1.82, 2.24) is 4.90 Å². The SMILES string of the molecule is CCN(CC(C)C#N)C(=O)COc1ccccc1C(F)(F)F. The summed E-state index contributed by atoms with van der Waals surface area (Å²) in [6, 6.07) is 6.73. The zero-order valence-corrected chi connectivity index (χ0v) is 12.4. The van der Waals surface area contributed by atoms with Gasteiger partial charge in [-0.1, -0.05) is 12.1 Å². The fraction of sp³-hybridized carbons (Fsp3) is 0.467. The Bertz CT molecular complexity index is 552. The Morgan fingerprint density at radius 2 is 2.05 bits per heavy atom. The van der Waals surface area contributed by atoms with Crippen LogP contribution in [0.2, 0.25) is 0 Å². The number of hydrogen-bond acceptors (Lipinski definition) is 3. The molecule has 0 heterocycles. The van der Waals surface area contributed by atoms with Crippen molar-refractivity contribution in [2.24, 2.45) is 5.92 Å². The summed E-state index contributed by atoms with van der Waals surface area (Å²) in [7, 11) is 0. The summed E-state index contributed by atoms with van der Waals surface area (Å²) in [5.41, 5.74) is -0.920. The van der Waals surface area contributed by atoms with Crippen LogP contribution < -0.4 is 4.74 Å². The van der Waals surface area contributed by atoms with Crippen molar-refractivity contribution >= 4 is 5.91 Å². The Hall–Kier alpha value is -2.23. The number of rotatable bonds is 6. The van der Waals surface area contributed by atoms with Crippen LogP contribution in [0.15, 0.2) is 24.3 Å². The van der Waals surface area contributed by atoms with E-state index in [9.17, 15) is 18.0 Å². The molecule has 0 aliphatic heterocycles. The number of nitrogens with zero attached hydrogens (tertiary/aromatic N) is 2. The van der Waals surface area contributed by atoms with Crippen molar-refractivity contribution in [1.29, 1.82) is 5.26 Å². The number of ether oxygens (including phenoxy) is 1. The predicted octanol–water partition coefficient (Wildman–Crippen LogP) is 3.09. The first-order valence-corrected chi connectivity index (χ1v) is 6.76. The van der Waals surface area contributed by atoms with E-state index in [1.165, 1.54) is 23.1 Å². The number of nitriles is 1. The third kappa shape index (κ3) is 4.95. The quantitative estimate of drug-likeness (QED) is 0.811. The highest BCUT2D eigenvalue weighted by Crippen LogP contribution is 2.35. The van der Waals surface area contributed by atoms with E-state index in [1.54, 1.807) is 13.8 Å². The largest absolute Gasteiger partial charge is 0.483 e. The number of carbonyl (C=O) groups is 1. The molecule has 1 aromatic rings. The lowest BCUT2D eigenvalue weighted by Gasteiger charge is -2.22. The van der Waals surface area contributed by atoms with Crippen LogP contribution in [-0.2, 0) is 11.0 Å². The van der Waals surface area contributed by atoms with Crippen molar-refractivity contribution in [3.8, 4) is 11.8 Å². The third-order valence-electron chi connectivity index (χ3n) is 2.99. The highest BCUT2D eigenvalue weighted by Gasteiger charge is 2.34. The molecule has 0 aliphatic carbocycles. The van der Waals surface area contributed by atoms with E-state index in [2.05, 4.69) is 0 Å². The average Bonchev–Trinajstić information content (AvgIpc) is 2.49. The summed E-state index contributed by atoms with van der Waals surface area (Å²) in [5.74, 6) is -1.19. The lowest BCUT2D eigenvalue weighted by atomic mass is 10.2. The minimum absolute atomic E-state index is 0.218. The summed E-state index contributed by atoms with van der Waals surface area (Å²) in [5, 5.41) is 8.75. The number of alkyl halides is 3. The normalized spacial score (nSPS) is 12.4. The Morgan fingerprint density at radius 1 is 1.41 bits per heavy atom. The summed E-state index contributed by atoms with van der Waals surface area (Å²) < 4.78 is 43.4. The molecule has 0 bridgehead atoms. The number of benzene rings is 1. The van der Waals surface area contributed by atoms with Crippen LogP contribution in [0.1, 0.15) is 19.4 Å². The molecular formula is C15H17F3N2O2. The van der Waals surface area contributed by atoms with Crippen LogP contribution in [0, 0.1) is 17.2 Å². The predicted molar refractivity (Wildman–Crippen MR) is 74.0 cm³/mol. The number of hydrogen-bond donors (Lipinski definition) is 0. The minimum Gasteiger partial charge on any atom is -0.483 e. The minimum atomic E-state index is -4.54. The van der Waals surface area contributed by atoms with Crippen molar-refractivity contribution < 1.29 is 22.7 Å². The first-order valence-electron chi connectivity index (χ1n) is 6.76. The van der Waals surface area contributed by atoms with Crippen molar-refractivity contribution in [2.45, 2.75) is 20.0 Å². The lowest BCUT2D eigenvalue weighted by Crippen LogP contribution is -2.37. The number of amides is 1. The second-order valence-corrected chi connectivity index (χ2v) is 4.75. The summed E-state index contributed by atoms with van der Waals surface area (Å²) in [4.78, 5) is 13.3. The Kier molecular flexibility index (Phi) is 6.23. The van der Waals surface area contributed by atoms with Gasteiger partial charge < -0.3 is 9.64 Å². The van der Waals surface area contributed by atoms with Gasteiger partial charge in [0, 0.05) is 13.1 Å². The van der Waals surface area contributed by atoms with E-state index in [1.807, 2.05) is 6.07 Å². The molecule has 22 heavy (non-hydrogen) atoms. The maximum absolute atomic E-state index is 12.8. The van der Waals surface area contributed by atoms with Crippen LogP contribution in [0.25, 0.3) is 0 Å². The van der Waals surface area contributed by atoms with Gasteiger partial charge in [0.05, 0.1) is 17.6 Å². The monoisotopic (exact) mass is 314 g/mol. The molecule has 1 atom stereocenters. The molecule has 0 aliphatic rings. The van der Waals surface area contributed by atoms with Crippen molar-refractivity contribution in [2.75, 3.05) is 19.7 Å². The zero-order valence-electron chi connectivity index (χ0n) is 12.4.